The first-order valence-electron chi connectivity index (χ1n) is 11.6. The Labute approximate surface area is 250 Å². The van der Waals surface area contributed by atoms with Crippen molar-refractivity contribution in [2.75, 3.05) is 11.9 Å². The van der Waals surface area contributed by atoms with Gasteiger partial charge in [0.1, 0.15) is 6.61 Å². The molecule has 3 aromatic carbocycles. The molecule has 0 saturated heterocycles. The zero-order valence-electron chi connectivity index (χ0n) is 20.6. The number of hydrogen-bond donors (Lipinski definition) is 2. The Balaban J connectivity index is 1.55. The highest BCUT2D eigenvalue weighted by Gasteiger charge is 2.14. The number of halogens is 4. The van der Waals surface area contributed by atoms with Gasteiger partial charge in [-0.1, -0.05) is 46.9 Å². The lowest BCUT2D eigenvalue weighted by molar-refractivity contribution is -0.124. The molecular weight excluding hydrogens is 664 g/mol. The average Bonchev–Trinajstić information content (AvgIpc) is 2.86. The van der Waals surface area contributed by atoms with E-state index < -0.39 is 5.91 Å². The summed E-state index contributed by atoms with van der Waals surface area (Å²) in [4.78, 5) is 24.3. The molecule has 0 aliphatic carbocycles. The molecule has 0 radical (unpaired) electrons. The molecular formula is C27H25Cl3IN3O4. The average molecular weight is 689 g/mol. The van der Waals surface area contributed by atoms with E-state index >= 15 is 0 Å². The van der Waals surface area contributed by atoms with Crippen LogP contribution in [0.25, 0.3) is 0 Å². The summed E-state index contributed by atoms with van der Waals surface area (Å²) in [5, 5.41) is 8.35. The van der Waals surface area contributed by atoms with Crippen LogP contribution in [-0.4, -0.2) is 24.6 Å². The fourth-order valence-corrected chi connectivity index (χ4v) is 4.63. The molecule has 0 unspecified atom stereocenters. The van der Waals surface area contributed by atoms with Crippen LogP contribution in [0.15, 0.2) is 53.6 Å². The van der Waals surface area contributed by atoms with Gasteiger partial charge in [0, 0.05) is 39.2 Å². The second kappa shape index (κ2) is 14.6. The third-order valence-electron chi connectivity index (χ3n) is 5.16. The van der Waals surface area contributed by atoms with Crippen LogP contribution in [0.2, 0.25) is 15.1 Å². The predicted molar refractivity (Wildman–Crippen MR) is 161 cm³/mol. The molecule has 0 heterocycles. The van der Waals surface area contributed by atoms with Crippen molar-refractivity contribution in [1.29, 1.82) is 0 Å². The maximum atomic E-state index is 12.2. The van der Waals surface area contributed by atoms with Gasteiger partial charge >= 0.3 is 0 Å². The summed E-state index contributed by atoms with van der Waals surface area (Å²) in [6, 6.07) is 14.1. The standard InChI is InChI=1S/C27H25Cl3IN3O4/c1-3-37-24-11-17(10-23(31)27(24)38-15-18-5-6-19(28)12-22(18)30)14-32-34-26(36)9-8-25(35)33-20-7-4-16(2)21(29)13-20/h4-7,10-14H,3,8-9,15H2,1-2H3,(H,33,35)(H,34,36). The van der Waals surface area contributed by atoms with Crippen molar-refractivity contribution in [3.8, 4) is 11.5 Å². The van der Waals surface area contributed by atoms with Crippen LogP contribution in [0.5, 0.6) is 11.5 Å². The molecule has 0 aliphatic rings. The van der Waals surface area contributed by atoms with Crippen molar-refractivity contribution >= 4 is 81.1 Å². The quantitative estimate of drug-likeness (QED) is 0.125. The van der Waals surface area contributed by atoms with Crippen molar-refractivity contribution in [1.82, 2.24) is 5.43 Å². The molecule has 7 nitrogen and oxygen atoms in total. The lowest BCUT2D eigenvalue weighted by Crippen LogP contribution is -2.20. The predicted octanol–water partition coefficient (Wildman–Crippen LogP) is 7.41. The lowest BCUT2D eigenvalue weighted by Gasteiger charge is -2.15. The van der Waals surface area contributed by atoms with Crippen molar-refractivity contribution in [2.45, 2.75) is 33.3 Å². The van der Waals surface area contributed by atoms with Crippen LogP contribution in [0.1, 0.15) is 36.5 Å². The van der Waals surface area contributed by atoms with Gasteiger partial charge in [-0.3, -0.25) is 9.59 Å². The number of hydrazone groups is 1. The van der Waals surface area contributed by atoms with E-state index in [4.69, 9.17) is 44.3 Å². The van der Waals surface area contributed by atoms with E-state index in [0.29, 0.717) is 44.4 Å². The molecule has 3 aromatic rings. The third-order valence-corrected chi connectivity index (χ3v) is 6.95. The van der Waals surface area contributed by atoms with E-state index in [9.17, 15) is 9.59 Å². The van der Waals surface area contributed by atoms with Gasteiger partial charge in [-0.25, -0.2) is 5.43 Å². The number of aryl methyl sites for hydroxylation is 1. The van der Waals surface area contributed by atoms with Gasteiger partial charge in [-0.2, -0.15) is 5.10 Å². The topological polar surface area (TPSA) is 89.0 Å². The van der Waals surface area contributed by atoms with E-state index in [1.807, 2.05) is 32.0 Å². The van der Waals surface area contributed by atoms with Crippen molar-refractivity contribution in [3.05, 3.63) is 83.9 Å². The van der Waals surface area contributed by atoms with E-state index in [-0.39, 0.29) is 25.4 Å². The first-order valence-corrected chi connectivity index (χ1v) is 13.8. The molecule has 0 saturated carbocycles. The number of amides is 2. The Bertz CT molecular complexity index is 1350. The van der Waals surface area contributed by atoms with Crippen molar-refractivity contribution < 1.29 is 19.1 Å². The molecule has 0 spiro atoms. The molecule has 0 atom stereocenters. The van der Waals surface area contributed by atoms with E-state index in [1.165, 1.54) is 6.21 Å². The molecule has 200 valence electrons. The molecule has 3 rings (SSSR count). The highest BCUT2D eigenvalue weighted by Crippen LogP contribution is 2.35. The molecule has 38 heavy (non-hydrogen) atoms. The van der Waals surface area contributed by atoms with Crippen LogP contribution < -0.4 is 20.2 Å². The van der Waals surface area contributed by atoms with Gasteiger partial charge in [0.2, 0.25) is 11.8 Å². The van der Waals surface area contributed by atoms with Crippen LogP contribution >= 0.6 is 57.4 Å². The second-order valence-corrected chi connectivity index (χ2v) is 10.5. The number of ether oxygens (including phenoxy) is 2. The van der Waals surface area contributed by atoms with Gasteiger partial charge in [0.05, 0.1) is 16.4 Å². The highest BCUT2D eigenvalue weighted by atomic mass is 127. The molecule has 11 heteroatoms. The van der Waals surface area contributed by atoms with Crippen LogP contribution in [0.3, 0.4) is 0 Å². The Kier molecular flexibility index (Phi) is 11.5. The fourth-order valence-electron chi connectivity index (χ4n) is 3.21. The number of anilines is 1. The van der Waals surface area contributed by atoms with E-state index in [2.05, 4.69) is 38.4 Å². The van der Waals surface area contributed by atoms with Crippen LogP contribution in [0, 0.1) is 10.5 Å². The fraction of sp³-hybridized carbons (Fsp3) is 0.222. The number of nitrogens with one attached hydrogen (secondary N) is 2. The molecule has 2 amide bonds. The van der Waals surface area contributed by atoms with Gasteiger partial charge in [-0.05, 0) is 84.0 Å². The SMILES string of the molecule is CCOc1cc(C=NNC(=O)CCC(=O)Nc2ccc(C)c(Cl)c2)cc(I)c1OCc1ccc(Cl)cc1Cl. The van der Waals surface area contributed by atoms with Gasteiger partial charge in [0.25, 0.3) is 0 Å². The number of carbonyl (C=O) groups excluding carboxylic acids is 2. The molecule has 0 fully saturated rings. The summed E-state index contributed by atoms with van der Waals surface area (Å²) >= 11 is 20.4. The van der Waals surface area contributed by atoms with Crippen LogP contribution in [-0.2, 0) is 16.2 Å². The Morgan fingerprint density at radius 1 is 0.974 bits per heavy atom. The molecule has 0 bridgehead atoms. The summed E-state index contributed by atoms with van der Waals surface area (Å²) in [6.07, 6.45) is 1.48. The maximum Gasteiger partial charge on any atom is 0.240 e. The smallest absolute Gasteiger partial charge is 0.240 e. The van der Waals surface area contributed by atoms with Gasteiger partial charge < -0.3 is 14.8 Å². The minimum Gasteiger partial charge on any atom is -0.490 e. The van der Waals surface area contributed by atoms with E-state index in [1.54, 1.807) is 30.3 Å². The Morgan fingerprint density at radius 3 is 2.45 bits per heavy atom. The number of nitrogens with zero attached hydrogens (tertiary/aromatic N) is 1. The molecule has 0 aromatic heterocycles. The molecule has 0 aliphatic heterocycles. The highest BCUT2D eigenvalue weighted by molar-refractivity contribution is 14.1. The minimum atomic E-state index is -0.391. The first kappa shape index (κ1) is 30.0. The summed E-state index contributed by atoms with van der Waals surface area (Å²) in [6.45, 7) is 4.42. The maximum absolute atomic E-state index is 12.2. The van der Waals surface area contributed by atoms with Crippen molar-refractivity contribution in [3.63, 3.8) is 0 Å². The Morgan fingerprint density at radius 2 is 1.74 bits per heavy atom. The second-order valence-electron chi connectivity index (χ2n) is 8.09. The number of carbonyl (C=O) groups is 2. The number of hydrogen-bond acceptors (Lipinski definition) is 5. The summed E-state index contributed by atoms with van der Waals surface area (Å²) < 4.78 is 12.6. The summed E-state index contributed by atoms with van der Waals surface area (Å²) in [5.74, 6) is 0.416. The number of benzene rings is 3. The summed E-state index contributed by atoms with van der Waals surface area (Å²) in [5.41, 5.74) is 5.42. The Hall–Kier alpha value is -2.53. The number of rotatable bonds is 11. The van der Waals surface area contributed by atoms with Gasteiger partial charge in [-0.15, -0.1) is 0 Å². The van der Waals surface area contributed by atoms with Crippen molar-refractivity contribution in [2.24, 2.45) is 5.10 Å². The zero-order chi connectivity index (χ0) is 27.7. The first-order chi connectivity index (χ1) is 18.2. The lowest BCUT2D eigenvalue weighted by atomic mass is 10.2. The van der Waals surface area contributed by atoms with Crippen LogP contribution in [0.4, 0.5) is 5.69 Å². The molecule has 2 N–H and O–H groups in total. The third kappa shape index (κ3) is 9.04. The summed E-state index contributed by atoms with van der Waals surface area (Å²) in [7, 11) is 0. The van der Waals surface area contributed by atoms with Gasteiger partial charge in [0.15, 0.2) is 11.5 Å². The zero-order valence-corrected chi connectivity index (χ0v) is 25.0. The largest absolute Gasteiger partial charge is 0.490 e. The monoisotopic (exact) mass is 687 g/mol. The normalized spacial score (nSPS) is 10.9. The van der Waals surface area contributed by atoms with E-state index in [0.717, 1.165) is 14.7 Å². The minimum absolute atomic E-state index is 0.00288.